The van der Waals surface area contributed by atoms with E-state index in [2.05, 4.69) is 11.8 Å². The molecule has 0 spiro atoms. The molecule has 0 unspecified atom stereocenters. The number of ketones is 1. The van der Waals surface area contributed by atoms with Crippen molar-refractivity contribution in [1.29, 1.82) is 5.41 Å². The Morgan fingerprint density at radius 1 is 1.12 bits per heavy atom. The molecule has 2 aromatic carbocycles. The Balaban J connectivity index is 2.18. The summed E-state index contributed by atoms with van der Waals surface area (Å²) in [6.45, 7) is 3.77. The van der Waals surface area contributed by atoms with Crippen LogP contribution in [0.3, 0.4) is 0 Å². The molecular weight excluding hydrogens is 298 g/mol. The van der Waals surface area contributed by atoms with Crippen LogP contribution in [0.15, 0.2) is 48.5 Å². The van der Waals surface area contributed by atoms with Gasteiger partial charge in [0, 0.05) is 18.6 Å². The van der Waals surface area contributed by atoms with Crippen LogP contribution in [0.4, 0.5) is 0 Å². The summed E-state index contributed by atoms with van der Waals surface area (Å²) in [7, 11) is 0. The molecule has 0 radical (unpaired) electrons. The fraction of sp³-hybridized carbons (Fsp3) is 0.238. The van der Waals surface area contributed by atoms with Gasteiger partial charge >= 0.3 is 0 Å². The number of Topliss-reactive ketones (excluding diaryl/α,β-unsaturated/α-hetero) is 1. The largest absolute Gasteiger partial charge is 0.488 e. The zero-order valence-electron chi connectivity index (χ0n) is 14.1. The molecule has 3 nitrogen and oxygen atoms in total. The molecule has 0 bridgehead atoms. The summed E-state index contributed by atoms with van der Waals surface area (Å²) in [5.74, 6) is 6.92. The van der Waals surface area contributed by atoms with Gasteiger partial charge in [0.05, 0.1) is 5.56 Å². The van der Waals surface area contributed by atoms with Crippen LogP contribution in [0, 0.1) is 17.3 Å². The van der Waals surface area contributed by atoms with Gasteiger partial charge < -0.3 is 10.1 Å². The minimum atomic E-state index is 0.133. The number of carbonyl (C=O) groups is 1. The number of carbonyl (C=O) groups excluding carboxylic acids is 1. The van der Waals surface area contributed by atoms with E-state index in [1.807, 2.05) is 48.5 Å². The van der Waals surface area contributed by atoms with Crippen molar-refractivity contribution >= 4 is 11.5 Å². The van der Waals surface area contributed by atoms with E-state index >= 15 is 0 Å². The van der Waals surface area contributed by atoms with Crippen molar-refractivity contribution in [2.24, 2.45) is 0 Å². The first-order valence-electron chi connectivity index (χ1n) is 7.91. The van der Waals surface area contributed by atoms with Crippen LogP contribution in [-0.2, 0) is 11.4 Å². The third-order valence-corrected chi connectivity index (χ3v) is 3.47. The third kappa shape index (κ3) is 5.40. The molecule has 0 fully saturated rings. The van der Waals surface area contributed by atoms with E-state index in [9.17, 15) is 4.79 Å². The summed E-state index contributed by atoms with van der Waals surface area (Å²) in [5.41, 5.74) is 3.13. The molecule has 2 aromatic rings. The van der Waals surface area contributed by atoms with Crippen molar-refractivity contribution < 1.29 is 9.53 Å². The molecule has 2 rings (SSSR count). The molecule has 0 aromatic heterocycles. The summed E-state index contributed by atoms with van der Waals surface area (Å²) in [4.78, 5) is 11.0. The minimum absolute atomic E-state index is 0.133. The van der Waals surface area contributed by atoms with Crippen LogP contribution in [0.5, 0.6) is 5.75 Å². The Bertz CT molecular complexity index is 782. The van der Waals surface area contributed by atoms with Crippen molar-refractivity contribution in [3.05, 3.63) is 65.2 Å². The molecule has 0 heterocycles. The Morgan fingerprint density at radius 3 is 2.54 bits per heavy atom. The maximum Gasteiger partial charge on any atom is 0.135 e. The SMILES string of the molecule is CC(=N)c1ccc(OCc2ccccc2)c(C#CCCC(C)=O)c1. The van der Waals surface area contributed by atoms with Crippen molar-refractivity contribution in [3.8, 4) is 17.6 Å². The summed E-state index contributed by atoms with van der Waals surface area (Å²) in [5, 5.41) is 7.77. The quantitative estimate of drug-likeness (QED) is 0.635. The van der Waals surface area contributed by atoms with Gasteiger partial charge in [0.25, 0.3) is 0 Å². The van der Waals surface area contributed by atoms with Gasteiger partial charge in [-0.25, -0.2) is 0 Å². The number of hydrogen-bond acceptors (Lipinski definition) is 3. The average molecular weight is 319 g/mol. The van der Waals surface area contributed by atoms with Crippen LogP contribution in [-0.4, -0.2) is 11.5 Å². The fourth-order valence-corrected chi connectivity index (χ4v) is 2.12. The fourth-order valence-electron chi connectivity index (χ4n) is 2.12. The highest BCUT2D eigenvalue weighted by molar-refractivity contribution is 5.96. The van der Waals surface area contributed by atoms with E-state index in [0.29, 0.717) is 30.9 Å². The molecule has 122 valence electrons. The van der Waals surface area contributed by atoms with Crippen LogP contribution >= 0.6 is 0 Å². The number of rotatable bonds is 6. The average Bonchev–Trinajstić information content (AvgIpc) is 2.58. The minimum Gasteiger partial charge on any atom is -0.488 e. The molecule has 1 N–H and O–H groups in total. The summed E-state index contributed by atoms with van der Waals surface area (Å²) >= 11 is 0. The third-order valence-electron chi connectivity index (χ3n) is 3.47. The Labute approximate surface area is 143 Å². The number of hydrogen-bond donors (Lipinski definition) is 1. The van der Waals surface area contributed by atoms with Gasteiger partial charge in [0.1, 0.15) is 18.1 Å². The first-order valence-corrected chi connectivity index (χ1v) is 7.91. The molecular formula is C21H21NO2. The van der Waals surface area contributed by atoms with Gasteiger partial charge in [0.2, 0.25) is 0 Å². The molecule has 24 heavy (non-hydrogen) atoms. The second kappa shape index (κ2) is 8.69. The normalized spacial score (nSPS) is 9.75. The van der Waals surface area contributed by atoms with Crippen LogP contribution in [0.2, 0.25) is 0 Å². The molecule has 0 amide bonds. The molecule has 0 aliphatic rings. The van der Waals surface area contributed by atoms with Crippen LogP contribution in [0.1, 0.15) is 43.4 Å². The lowest BCUT2D eigenvalue weighted by Crippen LogP contribution is -1.99. The van der Waals surface area contributed by atoms with Crippen molar-refractivity contribution in [1.82, 2.24) is 0 Å². The summed E-state index contributed by atoms with van der Waals surface area (Å²) in [6.07, 6.45) is 0.984. The molecule has 0 saturated heterocycles. The lowest BCUT2D eigenvalue weighted by molar-refractivity contribution is -0.116. The standard InChI is InChI=1S/C21H21NO2/c1-16(23)8-6-7-11-20-14-19(17(2)22)12-13-21(20)24-15-18-9-4-3-5-10-18/h3-5,9-10,12-14,22H,6,8,15H2,1-2H3. The maximum absolute atomic E-state index is 11.0. The van der Waals surface area contributed by atoms with E-state index in [1.54, 1.807) is 13.8 Å². The highest BCUT2D eigenvalue weighted by Gasteiger charge is 2.05. The maximum atomic E-state index is 11.0. The van der Waals surface area contributed by atoms with Crippen LogP contribution < -0.4 is 4.74 Å². The molecule has 0 atom stereocenters. The number of ether oxygens (including phenoxy) is 1. The lowest BCUT2D eigenvalue weighted by atomic mass is 10.1. The highest BCUT2D eigenvalue weighted by Crippen LogP contribution is 2.21. The molecule has 0 aliphatic carbocycles. The van der Waals surface area contributed by atoms with E-state index in [0.717, 1.165) is 16.7 Å². The van der Waals surface area contributed by atoms with Crippen molar-refractivity contribution in [2.45, 2.75) is 33.3 Å². The number of nitrogens with one attached hydrogen (secondary N) is 1. The zero-order chi connectivity index (χ0) is 17.4. The molecule has 3 heteroatoms. The van der Waals surface area contributed by atoms with Gasteiger partial charge in [-0.2, -0.15) is 0 Å². The van der Waals surface area contributed by atoms with Gasteiger partial charge in [-0.05, 0) is 43.2 Å². The number of benzene rings is 2. The predicted octanol–water partition coefficient (Wildman–Crippen LogP) is 4.37. The van der Waals surface area contributed by atoms with Crippen LogP contribution in [0.25, 0.3) is 0 Å². The van der Waals surface area contributed by atoms with Gasteiger partial charge in [-0.15, -0.1) is 0 Å². The Kier molecular flexibility index (Phi) is 6.33. The van der Waals surface area contributed by atoms with Gasteiger partial charge in [-0.1, -0.05) is 42.2 Å². The monoisotopic (exact) mass is 319 g/mol. The zero-order valence-corrected chi connectivity index (χ0v) is 14.1. The van der Waals surface area contributed by atoms with Gasteiger partial charge in [-0.3, -0.25) is 4.79 Å². The molecule has 0 aliphatic heterocycles. The Morgan fingerprint density at radius 2 is 1.88 bits per heavy atom. The van der Waals surface area contributed by atoms with Crippen molar-refractivity contribution in [2.75, 3.05) is 0 Å². The highest BCUT2D eigenvalue weighted by atomic mass is 16.5. The first kappa shape index (κ1) is 17.5. The first-order chi connectivity index (χ1) is 11.6. The summed E-state index contributed by atoms with van der Waals surface area (Å²) in [6, 6.07) is 15.5. The second-order valence-electron chi connectivity index (χ2n) is 5.61. The van der Waals surface area contributed by atoms with E-state index in [-0.39, 0.29) is 5.78 Å². The van der Waals surface area contributed by atoms with E-state index in [1.165, 1.54) is 0 Å². The Hall–Kier alpha value is -2.86. The van der Waals surface area contributed by atoms with Gasteiger partial charge in [0.15, 0.2) is 0 Å². The topological polar surface area (TPSA) is 50.1 Å². The molecule has 0 saturated carbocycles. The summed E-state index contributed by atoms with van der Waals surface area (Å²) < 4.78 is 5.90. The second-order valence-corrected chi connectivity index (χ2v) is 5.61. The predicted molar refractivity (Wildman–Crippen MR) is 96.5 cm³/mol. The smallest absolute Gasteiger partial charge is 0.135 e. The van der Waals surface area contributed by atoms with E-state index < -0.39 is 0 Å². The van der Waals surface area contributed by atoms with E-state index in [4.69, 9.17) is 10.1 Å². The van der Waals surface area contributed by atoms with Crippen molar-refractivity contribution in [3.63, 3.8) is 0 Å². The lowest BCUT2D eigenvalue weighted by Gasteiger charge is -2.10.